The highest BCUT2D eigenvalue weighted by atomic mass is 32.2. The summed E-state index contributed by atoms with van der Waals surface area (Å²) in [4.78, 5) is 48.4. The van der Waals surface area contributed by atoms with Gasteiger partial charge in [-0.15, -0.1) is 10.2 Å². The highest BCUT2D eigenvalue weighted by Gasteiger charge is 2.20. The zero-order valence-electron chi connectivity index (χ0n) is 24.2. The van der Waals surface area contributed by atoms with Gasteiger partial charge in [-0.3, -0.25) is 24.3 Å². The fourth-order valence-corrected chi connectivity index (χ4v) is 4.95. The van der Waals surface area contributed by atoms with Gasteiger partial charge in [0.05, 0.1) is 36.0 Å². The van der Waals surface area contributed by atoms with E-state index in [4.69, 9.17) is 9.47 Å². The molecule has 13 nitrogen and oxygen atoms in total. The maximum absolute atomic E-state index is 13.0. The van der Waals surface area contributed by atoms with E-state index in [1.54, 1.807) is 60.0 Å². The van der Waals surface area contributed by atoms with Crippen molar-refractivity contribution in [3.63, 3.8) is 0 Å². The van der Waals surface area contributed by atoms with E-state index in [9.17, 15) is 24.5 Å². The number of anilines is 1. The van der Waals surface area contributed by atoms with E-state index in [0.29, 0.717) is 40.3 Å². The van der Waals surface area contributed by atoms with Gasteiger partial charge in [0.15, 0.2) is 11.0 Å². The monoisotopic (exact) mass is 618 g/mol. The molecule has 0 unspecified atom stereocenters. The summed E-state index contributed by atoms with van der Waals surface area (Å²) in [5, 5.41) is 25.8. The Labute approximate surface area is 257 Å². The van der Waals surface area contributed by atoms with Crippen molar-refractivity contribution in [1.82, 2.24) is 20.1 Å². The van der Waals surface area contributed by atoms with E-state index in [1.807, 2.05) is 6.92 Å². The largest absolute Gasteiger partial charge is 0.494 e. The number of amides is 2. The first-order valence-corrected chi connectivity index (χ1v) is 14.6. The summed E-state index contributed by atoms with van der Waals surface area (Å²) < 4.78 is 12.2. The Balaban J connectivity index is 1.50. The number of nitro benzene ring substituents is 1. The van der Waals surface area contributed by atoms with Crippen LogP contribution in [0.1, 0.15) is 46.0 Å². The van der Waals surface area contributed by atoms with E-state index in [2.05, 4.69) is 20.8 Å². The fourth-order valence-electron chi connectivity index (χ4n) is 4.18. The van der Waals surface area contributed by atoms with E-state index in [-0.39, 0.29) is 41.6 Å². The Hall–Kier alpha value is -5.24. The van der Waals surface area contributed by atoms with Gasteiger partial charge in [0.1, 0.15) is 5.75 Å². The van der Waals surface area contributed by atoms with Crippen LogP contribution in [0.3, 0.4) is 0 Å². The van der Waals surface area contributed by atoms with Gasteiger partial charge in [-0.05, 0) is 75.4 Å². The van der Waals surface area contributed by atoms with Crippen LogP contribution in [-0.2, 0) is 16.1 Å². The van der Waals surface area contributed by atoms with Gasteiger partial charge in [0.2, 0.25) is 5.91 Å². The second-order valence-electron chi connectivity index (χ2n) is 9.19. The SMILES string of the molecule is CCOC(=O)c1ccc(NC(=O)CSc2nnc(CNC(=O)c3cccc([N+](=O)[O-])c3C)n2-c2ccc(OCC)cc2)cc1. The van der Waals surface area contributed by atoms with Gasteiger partial charge < -0.3 is 20.1 Å². The van der Waals surface area contributed by atoms with E-state index >= 15 is 0 Å². The molecule has 0 aliphatic carbocycles. The number of nitrogens with one attached hydrogen (secondary N) is 2. The van der Waals surface area contributed by atoms with Crippen molar-refractivity contribution in [2.45, 2.75) is 32.5 Å². The quantitative estimate of drug-likeness (QED) is 0.0926. The van der Waals surface area contributed by atoms with Crippen LogP contribution in [0.4, 0.5) is 11.4 Å². The Morgan fingerprint density at radius 3 is 2.36 bits per heavy atom. The number of nitro groups is 1. The highest BCUT2D eigenvalue weighted by Crippen LogP contribution is 2.25. The number of rotatable bonds is 13. The molecule has 14 heteroatoms. The van der Waals surface area contributed by atoms with Crippen molar-refractivity contribution < 1.29 is 28.8 Å². The molecule has 0 saturated heterocycles. The summed E-state index contributed by atoms with van der Waals surface area (Å²) in [7, 11) is 0. The van der Waals surface area contributed by atoms with Crippen LogP contribution in [0, 0.1) is 17.0 Å². The topological polar surface area (TPSA) is 168 Å². The summed E-state index contributed by atoms with van der Waals surface area (Å²) >= 11 is 1.14. The Morgan fingerprint density at radius 2 is 1.70 bits per heavy atom. The lowest BCUT2D eigenvalue weighted by molar-refractivity contribution is -0.385. The molecular weight excluding hydrogens is 588 g/mol. The third-order valence-corrected chi connectivity index (χ3v) is 7.20. The van der Waals surface area contributed by atoms with Gasteiger partial charge in [-0.25, -0.2) is 4.79 Å². The molecule has 1 heterocycles. The average Bonchev–Trinajstić information content (AvgIpc) is 3.42. The van der Waals surface area contributed by atoms with E-state index < -0.39 is 16.8 Å². The van der Waals surface area contributed by atoms with Gasteiger partial charge in [-0.1, -0.05) is 17.8 Å². The smallest absolute Gasteiger partial charge is 0.338 e. The van der Waals surface area contributed by atoms with Crippen molar-refractivity contribution >= 4 is 40.9 Å². The molecule has 2 amide bonds. The zero-order valence-corrected chi connectivity index (χ0v) is 25.1. The molecule has 0 fully saturated rings. The average molecular weight is 619 g/mol. The molecule has 228 valence electrons. The van der Waals surface area contributed by atoms with Crippen LogP contribution in [0.25, 0.3) is 5.69 Å². The first-order valence-electron chi connectivity index (χ1n) is 13.6. The molecule has 0 bridgehead atoms. The van der Waals surface area contributed by atoms with Crippen molar-refractivity contribution in [2.24, 2.45) is 0 Å². The second-order valence-corrected chi connectivity index (χ2v) is 10.1. The number of thioether (sulfide) groups is 1. The first kappa shape index (κ1) is 31.7. The van der Waals surface area contributed by atoms with Crippen LogP contribution in [0.15, 0.2) is 71.9 Å². The number of esters is 1. The summed E-state index contributed by atoms with van der Waals surface area (Å²) in [6.45, 7) is 5.85. The molecule has 0 spiro atoms. The lowest BCUT2D eigenvalue weighted by atomic mass is 10.1. The standard InChI is InChI=1S/C30H30N6O7S/c1-4-42-23-15-13-22(14-16-23)35-26(17-31-28(38)24-7-6-8-25(19(24)3)36(40)41)33-34-30(35)44-18-27(37)32-21-11-9-20(10-12-21)29(39)43-5-2/h6-16H,4-5,17-18H2,1-3H3,(H,31,38)(H,32,37). The first-order chi connectivity index (χ1) is 21.2. The Kier molecular flexibility index (Phi) is 10.6. The molecule has 44 heavy (non-hydrogen) atoms. The normalized spacial score (nSPS) is 10.6. The van der Waals surface area contributed by atoms with Crippen molar-refractivity contribution in [1.29, 1.82) is 0 Å². The fraction of sp³-hybridized carbons (Fsp3) is 0.233. The summed E-state index contributed by atoms with van der Waals surface area (Å²) in [5.41, 5.74) is 1.84. The maximum atomic E-state index is 13.0. The Bertz CT molecular complexity index is 1660. The van der Waals surface area contributed by atoms with Crippen LogP contribution in [0.5, 0.6) is 5.75 Å². The lowest BCUT2D eigenvalue weighted by Crippen LogP contribution is -2.25. The molecule has 4 aromatic rings. The van der Waals surface area contributed by atoms with E-state index in [0.717, 1.165) is 11.8 Å². The molecule has 0 radical (unpaired) electrons. The van der Waals surface area contributed by atoms with Crippen LogP contribution in [0.2, 0.25) is 0 Å². The van der Waals surface area contributed by atoms with Crippen molar-refractivity contribution in [3.05, 3.63) is 99.4 Å². The van der Waals surface area contributed by atoms with Crippen LogP contribution >= 0.6 is 11.8 Å². The minimum atomic E-state index is -0.535. The lowest BCUT2D eigenvalue weighted by Gasteiger charge is -2.12. The molecule has 0 aliphatic rings. The maximum Gasteiger partial charge on any atom is 0.338 e. The number of carbonyl (C=O) groups is 3. The van der Waals surface area contributed by atoms with E-state index in [1.165, 1.54) is 25.1 Å². The summed E-state index contributed by atoms with van der Waals surface area (Å²) in [6.07, 6.45) is 0. The number of nitrogens with zero attached hydrogens (tertiary/aromatic N) is 4. The number of hydrogen-bond donors (Lipinski definition) is 2. The van der Waals surface area contributed by atoms with Gasteiger partial charge >= 0.3 is 5.97 Å². The molecule has 1 aromatic heterocycles. The number of benzene rings is 3. The highest BCUT2D eigenvalue weighted by molar-refractivity contribution is 7.99. The zero-order chi connectivity index (χ0) is 31.6. The number of aromatic nitrogens is 3. The molecule has 4 rings (SSSR count). The van der Waals surface area contributed by atoms with Crippen LogP contribution < -0.4 is 15.4 Å². The Morgan fingerprint density at radius 1 is 0.977 bits per heavy atom. The molecule has 0 saturated carbocycles. The van der Waals surface area contributed by atoms with Crippen LogP contribution in [-0.4, -0.2) is 56.4 Å². The van der Waals surface area contributed by atoms with Crippen molar-refractivity contribution in [2.75, 3.05) is 24.3 Å². The number of carbonyl (C=O) groups excluding carboxylic acids is 3. The minimum absolute atomic E-state index is 0.00593. The molecule has 3 aromatic carbocycles. The van der Waals surface area contributed by atoms with Gasteiger partial charge in [0.25, 0.3) is 11.6 Å². The van der Waals surface area contributed by atoms with Gasteiger partial charge in [-0.2, -0.15) is 0 Å². The number of ether oxygens (including phenoxy) is 2. The summed E-state index contributed by atoms with van der Waals surface area (Å²) in [6, 6.07) is 17.9. The molecule has 2 N–H and O–H groups in total. The number of hydrogen-bond acceptors (Lipinski definition) is 10. The molecule has 0 aliphatic heterocycles. The third-order valence-electron chi connectivity index (χ3n) is 6.27. The second kappa shape index (κ2) is 14.8. The molecule has 0 atom stereocenters. The third kappa shape index (κ3) is 7.77. The molecular formula is C30H30N6O7S. The predicted molar refractivity (Wildman–Crippen MR) is 163 cm³/mol. The van der Waals surface area contributed by atoms with Crippen molar-refractivity contribution in [3.8, 4) is 11.4 Å². The van der Waals surface area contributed by atoms with Gasteiger partial charge in [0, 0.05) is 28.6 Å². The summed E-state index contributed by atoms with van der Waals surface area (Å²) in [5.74, 6) is -0.215. The predicted octanol–water partition coefficient (Wildman–Crippen LogP) is 4.72. The minimum Gasteiger partial charge on any atom is -0.494 e.